The van der Waals surface area contributed by atoms with Crippen molar-refractivity contribution >= 4 is 33.4 Å². The molecule has 3 rings (SSSR count). The van der Waals surface area contributed by atoms with Gasteiger partial charge in [0.2, 0.25) is 0 Å². The fourth-order valence-electron chi connectivity index (χ4n) is 2.05. The molecule has 118 valence electrons. The molecule has 6 nitrogen and oxygen atoms in total. The summed E-state index contributed by atoms with van der Waals surface area (Å²) in [7, 11) is 0. The van der Waals surface area contributed by atoms with Gasteiger partial charge in [0.25, 0.3) is 5.91 Å². The maximum absolute atomic E-state index is 12.1. The number of hydrogen-bond donors (Lipinski definition) is 2. The molecule has 2 N–H and O–H groups in total. The first-order chi connectivity index (χ1) is 11.1. The molecule has 0 saturated carbocycles. The monoisotopic (exact) mass is 393 g/mol. The van der Waals surface area contributed by atoms with Crippen LogP contribution in [0.25, 0.3) is 11.3 Å². The molecule has 23 heavy (non-hydrogen) atoms. The number of aromatic nitrogens is 4. The van der Waals surface area contributed by atoms with E-state index in [9.17, 15) is 4.79 Å². The molecule has 3 aromatic rings. The van der Waals surface area contributed by atoms with Crippen LogP contribution in [0.4, 0.5) is 0 Å². The number of halogens is 2. The van der Waals surface area contributed by atoms with Crippen LogP contribution in [0.2, 0.25) is 5.02 Å². The van der Waals surface area contributed by atoms with E-state index in [4.69, 9.17) is 11.6 Å². The van der Waals surface area contributed by atoms with Crippen LogP contribution in [0.3, 0.4) is 0 Å². The molecular formula is C15H13BrClN5O. The highest BCUT2D eigenvalue weighted by Gasteiger charge is 2.10. The van der Waals surface area contributed by atoms with Gasteiger partial charge in [0, 0.05) is 23.3 Å². The molecule has 1 amide bonds. The highest BCUT2D eigenvalue weighted by atomic mass is 79.9. The van der Waals surface area contributed by atoms with Gasteiger partial charge < -0.3 is 5.32 Å². The minimum absolute atomic E-state index is 0.205. The standard InChI is InChI=1S/C15H13BrClN5O/c16-11-8-19-22(9-11)6-5-18-15(23)14-7-13(20-21-14)10-1-3-12(17)4-2-10/h1-4,7-9H,5-6H2,(H,18,23)(H,20,21). The summed E-state index contributed by atoms with van der Waals surface area (Å²) in [5, 5.41) is 14.5. The first kappa shape index (κ1) is 15.8. The fourth-order valence-corrected chi connectivity index (χ4v) is 2.50. The molecule has 8 heteroatoms. The first-order valence-electron chi connectivity index (χ1n) is 6.89. The molecule has 0 atom stereocenters. The van der Waals surface area contributed by atoms with Gasteiger partial charge in [0.1, 0.15) is 5.69 Å². The minimum Gasteiger partial charge on any atom is -0.349 e. The number of nitrogens with one attached hydrogen (secondary N) is 2. The van der Waals surface area contributed by atoms with E-state index in [-0.39, 0.29) is 5.91 Å². The molecule has 0 radical (unpaired) electrons. The highest BCUT2D eigenvalue weighted by Crippen LogP contribution is 2.20. The fraction of sp³-hybridized carbons (Fsp3) is 0.133. The Labute approximate surface area is 146 Å². The Balaban J connectivity index is 1.58. The zero-order valence-corrected chi connectivity index (χ0v) is 14.3. The number of H-pyrrole nitrogens is 1. The molecule has 2 heterocycles. The second kappa shape index (κ2) is 6.97. The summed E-state index contributed by atoms with van der Waals surface area (Å²) in [6, 6.07) is 9.00. The van der Waals surface area contributed by atoms with E-state index in [1.807, 2.05) is 18.3 Å². The number of rotatable bonds is 5. The van der Waals surface area contributed by atoms with E-state index >= 15 is 0 Å². The summed E-state index contributed by atoms with van der Waals surface area (Å²) in [5.74, 6) is -0.205. The van der Waals surface area contributed by atoms with Gasteiger partial charge in [-0.25, -0.2) is 0 Å². The Morgan fingerprint density at radius 2 is 2.13 bits per heavy atom. The van der Waals surface area contributed by atoms with Crippen molar-refractivity contribution in [2.24, 2.45) is 0 Å². The zero-order chi connectivity index (χ0) is 16.2. The predicted molar refractivity (Wildman–Crippen MR) is 91.3 cm³/mol. The van der Waals surface area contributed by atoms with E-state index < -0.39 is 0 Å². The predicted octanol–water partition coefficient (Wildman–Crippen LogP) is 3.12. The third-order valence-electron chi connectivity index (χ3n) is 3.19. The lowest BCUT2D eigenvalue weighted by Gasteiger charge is -2.03. The second-order valence-electron chi connectivity index (χ2n) is 4.85. The third-order valence-corrected chi connectivity index (χ3v) is 3.85. The first-order valence-corrected chi connectivity index (χ1v) is 8.06. The Morgan fingerprint density at radius 1 is 1.35 bits per heavy atom. The second-order valence-corrected chi connectivity index (χ2v) is 6.20. The van der Waals surface area contributed by atoms with E-state index in [0.717, 1.165) is 10.0 Å². The number of amides is 1. The molecule has 0 unspecified atom stereocenters. The van der Waals surface area contributed by atoms with Gasteiger partial charge in [-0.2, -0.15) is 10.2 Å². The Morgan fingerprint density at radius 3 is 2.83 bits per heavy atom. The number of aromatic amines is 1. The Bertz CT molecular complexity index is 811. The van der Waals surface area contributed by atoms with Gasteiger partial charge in [-0.1, -0.05) is 23.7 Å². The maximum Gasteiger partial charge on any atom is 0.269 e. The molecule has 1 aromatic carbocycles. The summed E-state index contributed by atoms with van der Waals surface area (Å²) in [4.78, 5) is 12.1. The SMILES string of the molecule is O=C(NCCn1cc(Br)cn1)c1cc(-c2ccc(Cl)cc2)n[nH]1. The van der Waals surface area contributed by atoms with Gasteiger partial charge in [-0.15, -0.1) is 0 Å². The zero-order valence-electron chi connectivity index (χ0n) is 12.0. The number of nitrogens with zero attached hydrogens (tertiary/aromatic N) is 3. The molecular weight excluding hydrogens is 382 g/mol. The minimum atomic E-state index is -0.205. The molecule has 0 spiro atoms. The topological polar surface area (TPSA) is 75.6 Å². The van der Waals surface area contributed by atoms with Crippen molar-refractivity contribution in [3.05, 3.63) is 57.9 Å². The average molecular weight is 395 g/mol. The largest absolute Gasteiger partial charge is 0.349 e. The van der Waals surface area contributed by atoms with Gasteiger partial charge in [0.05, 0.1) is 22.9 Å². The smallest absolute Gasteiger partial charge is 0.269 e. The summed E-state index contributed by atoms with van der Waals surface area (Å²) < 4.78 is 2.65. The summed E-state index contributed by atoms with van der Waals surface area (Å²) in [6.07, 6.45) is 3.55. The van der Waals surface area contributed by atoms with Crippen LogP contribution in [0.15, 0.2) is 47.2 Å². The summed E-state index contributed by atoms with van der Waals surface area (Å²) in [5.41, 5.74) is 2.01. The Kier molecular flexibility index (Phi) is 4.78. The van der Waals surface area contributed by atoms with E-state index in [1.165, 1.54) is 0 Å². The molecule has 2 aromatic heterocycles. The average Bonchev–Trinajstić information content (AvgIpc) is 3.17. The lowest BCUT2D eigenvalue weighted by atomic mass is 10.1. The van der Waals surface area contributed by atoms with E-state index in [1.54, 1.807) is 29.1 Å². The van der Waals surface area contributed by atoms with E-state index in [0.29, 0.717) is 29.5 Å². The van der Waals surface area contributed by atoms with Crippen LogP contribution >= 0.6 is 27.5 Å². The lowest BCUT2D eigenvalue weighted by Crippen LogP contribution is -2.27. The van der Waals surface area contributed by atoms with Crippen molar-refractivity contribution < 1.29 is 4.79 Å². The van der Waals surface area contributed by atoms with Crippen LogP contribution in [0, 0.1) is 0 Å². The van der Waals surface area contributed by atoms with Crippen molar-refractivity contribution in [1.82, 2.24) is 25.3 Å². The number of benzene rings is 1. The normalized spacial score (nSPS) is 10.7. The number of carbonyl (C=O) groups excluding carboxylic acids is 1. The molecule has 0 saturated heterocycles. The van der Waals surface area contributed by atoms with Crippen molar-refractivity contribution in [2.45, 2.75) is 6.54 Å². The lowest BCUT2D eigenvalue weighted by molar-refractivity contribution is 0.0947. The highest BCUT2D eigenvalue weighted by molar-refractivity contribution is 9.10. The summed E-state index contributed by atoms with van der Waals surface area (Å²) in [6.45, 7) is 1.07. The van der Waals surface area contributed by atoms with Gasteiger partial charge >= 0.3 is 0 Å². The van der Waals surface area contributed by atoms with Crippen molar-refractivity contribution in [1.29, 1.82) is 0 Å². The maximum atomic E-state index is 12.1. The van der Waals surface area contributed by atoms with Crippen molar-refractivity contribution in [2.75, 3.05) is 6.54 Å². The quantitative estimate of drug-likeness (QED) is 0.698. The third kappa shape index (κ3) is 4.00. The van der Waals surface area contributed by atoms with Crippen LogP contribution < -0.4 is 5.32 Å². The van der Waals surface area contributed by atoms with Crippen LogP contribution in [-0.2, 0) is 6.54 Å². The van der Waals surface area contributed by atoms with Crippen molar-refractivity contribution in [3.8, 4) is 11.3 Å². The molecule has 0 fully saturated rings. The van der Waals surface area contributed by atoms with E-state index in [2.05, 4.69) is 36.5 Å². The summed E-state index contributed by atoms with van der Waals surface area (Å²) >= 11 is 9.19. The van der Waals surface area contributed by atoms with Crippen molar-refractivity contribution in [3.63, 3.8) is 0 Å². The number of carbonyl (C=O) groups is 1. The van der Waals surface area contributed by atoms with Crippen LogP contribution in [0.1, 0.15) is 10.5 Å². The molecule has 0 aliphatic rings. The molecule has 0 bridgehead atoms. The number of hydrogen-bond acceptors (Lipinski definition) is 3. The Hall–Kier alpha value is -2.12. The van der Waals surface area contributed by atoms with Gasteiger partial charge in [0.15, 0.2) is 0 Å². The van der Waals surface area contributed by atoms with Gasteiger partial charge in [-0.05, 0) is 34.1 Å². The van der Waals surface area contributed by atoms with Crippen LogP contribution in [0.5, 0.6) is 0 Å². The molecule has 0 aliphatic carbocycles. The van der Waals surface area contributed by atoms with Crippen LogP contribution in [-0.4, -0.2) is 32.4 Å². The van der Waals surface area contributed by atoms with Gasteiger partial charge in [-0.3, -0.25) is 14.6 Å². The molecule has 0 aliphatic heterocycles.